The van der Waals surface area contributed by atoms with Gasteiger partial charge in [-0.25, -0.2) is 4.39 Å². The first-order valence-electron chi connectivity index (χ1n) is 7.40. The molecule has 0 aromatic heterocycles. The van der Waals surface area contributed by atoms with Gasteiger partial charge >= 0.3 is 0 Å². The van der Waals surface area contributed by atoms with Crippen molar-refractivity contribution in [3.05, 3.63) is 35.6 Å². The van der Waals surface area contributed by atoms with Gasteiger partial charge in [-0.15, -0.1) is 0 Å². The van der Waals surface area contributed by atoms with Gasteiger partial charge in [0.1, 0.15) is 5.82 Å². The number of rotatable bonds is 7. The van der Waals surface area contributed by atoms with Crippen LogP contribution in [0, 0.1) is 17.7 Å². The summed E-state index contributed by atoms with van der Waals surface area (Å²) in [6.07, 6.45) is 2.37. The van der Waals surface area contributed by atoms with Gasteiger partial charge < -0.3 is 5.32 Å². The molecule has 0 amide bonds. The maximum Gasteiger partial charge on any atom is 0.123 e. The van der Waals surface area contributed by atoms with Crippen LogP contribution in [0.5, 0.6) is 0 Å². The third kappa shape index (κ3) is 6.20. The highest BCUT2D eigenvalue weighted by Crippen LogP contribution is 2.19. The van der Waals surface area contributed by atoms with Gasteiger partial charge in [0.05, 0.1) is 0 Å². The number of halogens is 1. The quantitative estimate of drug-likeness (QED) is 0.736. The van der Waals surface area contributed by atoms with Gasteiger partial charge in [0.2, 0.25) is 0 Å². The van der Waals surface area contributed by atoms with E-state index in [4.69, 9.17) is 0 Å². The van der Waals surface area contributed by atoms with Crippen molar-refractivity contribution in [2.45, 2.75) is 59.5 Å². The van der Waals surface area contributed by atoms with E-state index in [1.54, 1.807) is 0 Å². The van der Waals surface area contributed by atoms with Crippen molar-refractivity contribution >= 4 is 0 Å². The molecule has 0 radical (unpaired) electrons. The molecule has 19 heavy (non-hydrogen) atoms. The summed E-state index contributed by atoms with van der Waals surface area (Å²) < 4.78 is 12.9. The topological polar surface area (TPSA) is 12.0 Å². The maximum absolute atomic E-state index is 12.9. The molecule has 1 rings (SSSR count). The Bertz CT molecular complexity index is 346. The fourth-order valence-electron chi connectivity index (χ4n) is 2.57. The molecule has 1 atom stereocenters. The van der Waals surface area contributed by atoms with Crippen LogP contribution in [0.15, 0.2) is 24.3 Å². The average molecular weight is 265 g/mol. The zero-order valence-corrected chi connectivity index (χ0v) is 12.9. The number of hydrogen-bond acceptors (Lipinski definition) is 1. The van der Waals surface area contributed by atoms with Crippen molar-refractivity contribution < 1.29 is 4.39 Å². The van der Waals surface area contributed by atoms with Gasteiger partial charge in [-0.1, -0.05) is 39.8 Å². The minimum absolute atomic E-state index is 0.170. The molecule has 0 heterocycles. The molecule has 0 aliphatic carbocycles. The van der Waals surface area contributed by atoms with E-state index in [0.717, 1.165) is 5.56 Å². The molecular weight excluding hydrogens is 237 g/mol. The normalized spacial score (nSPS) is 13.5. The third-order valence-electron chi connectivity index (χ3n) is 3.37. The van der Waals surface area contributed by atoms with Gasteiger partial charge in [0, 0.05) is 12.1 Å². The maximum atomic E-state index is 12.9. The highest BCUT2D eigenvalue weighted by Gasteiger charge is 2.16. The van der Waals surface area contributed by atoms with E-state index in [2.05, 4.69) is 39.9 Å². The van der Waals surface area contributed by atoms with Crippen LogP contribution >= 0.6 is 0 Å². The van der Waals surface area contributed by atoms with E-state index in [0.29, 0.717) is 17.9 Å². The summed E-state index contributed by atoms with van der Waals surface area (Å²) in [5, 5.41) is 3.69. The van der Waals surface area contributed by atoms with E-state index in [-0.39, 0.29) is 11.9 Å². The van der Waals surface area contributed by atoms with Crippen molar-refractivity contribution in [1.82, 2.24) is 5.32 Å². The molecule has 1 aromatic carbocycles. The molecule has 2 heteroatoms. The second-order valence-electron chi connectivity index (χ2n) is 6.40. The predicted molar refractivity (Wildman–Crippen MR) is 80.6 cm³/mol. The lowest BCUT2D eigenvalue weighted by Crippen LogP contribution is -2.34. The molecule has 0 unspecified atom stereocenters. The zero-order valence-electron chi connectivity index (χ0n) is 12.9. The van der Waals surface area contributed by atoms with Gasteiger partial charge in [0.15, 0.2) is 0 Å². The van der Waals surface area contributed by atoms with Crippen molar-refractivity contribution in [2.75, 3.05) is 0 Å². The average Bonchev–Trinajstić information content (AvgIpc) is 2.27. The summed E-state index contributed by atoms with van der Waals surface area (Å²) in [5.41, 5.74) is 1.15. The number of benzene rings is 1. The first-order chi connectivity index (χ1) is 8.88. The van der Waals surface area contributed by atoms with Gasteiger partial charge in [-0.3, -0.25) is 0 Å². The lowest BCUT2D eigenvalue weighted by atomic mass is 9.94. The fourth-order valence-corrected chi connectivity index (χ4v) is 2.57. The first kappa shape index (κ1) is 16.2. The van der Waals surface area contributed by atoms with Crippen LogP contribution in [0.3, 0.4) is 0 Å². The summed E-state index contributed by atoms with van der Waals surface area (Å²) in [4.78, 5) is 0. The lowest BCUT2D eigenvalue weighted by molar-refractivity contribution is 0.335. The fraction of sp³-hybridized carbons (Fsp3) is 0.647. The second kappa shape index (κ2) is 7.64. The van der Waals surface area contributed by atoms with Crippen molar-refractivity contribution in [2.24, 2.45) is 11.8 Å². The minimum atomic E-state index is -0.170. The SMILES string of the molecule is CC(C)CC(CC(C)C)N[C@H](C)c1ccc(F)cc1. The zero-order chi connectivity index (χ0) is 14.4. The van der Waals surface area contributed by atoms with E-state index in [1.807, 2.05) is 12.1 Å². The van der Waals surface area contributed by atoms with Crippen LogP contribution in [0.1, 0.15) is 59.1 Å². The van der Waals surface area contributed by atoms with Crippen LogP contribution in [0.25, 0.3) is 0 Å². The van der Waals surface area contributed by atoms with Crippen LogP contribution < -0.4 is 5.32 Å². The van der Waals surface area contributed by atoms with Crippen LogP contribution in [-0.2, 0) is 0 Å². The van der Waals surface area contributed by atoms with E-state index in [9.17, 15) is 4.39 Å². The van der Waals surface area contributed by atoms with Crippen molar-refractivity contribution in [1.29, 1.82) is 0 Å². The standard InChI is InChI=1S/C17H28FN/c1-12(2)10-17(11-13(3)4)19-14(5)15-6-8-16(18)9-7-15/h6-9,12-14,17,19H,10-11H2,1-5H3/t14-/m1/s1. The third-order valence-corrected chi connectivity index (χ3v) is 3.37. The second-order valence-corrected chi connectivity index (χ2v) is 6.40. The summed E-state index contributed by atoms with van der Waals surface area (Å²) in [6.45, 7) is 11.2. The molecule has 108 valence electrons. The Hall–Kier alpha value is -0.890. The number of nitrogens with one attached hydrogen (secondary N) is 1. The van der Waals surface area contributed by atoms with E-state index in [1.165, 1.54) is 25.0 Å². The van der Waals surface area contributed by atoms with Gasteiger partial charge in [0.25, 0.3) is 0 Å². The summed E-state index contributed by atoms with van der Waals surface area (Å²) >= 11 is 0. The highest BCUT2D eigenvalue weighted by atomic mass is 19.1. The Labute approximate surface area is 117 Å². The molecule has 0 saturated carbocycles. The molecule has 0 aliphatic rings. The van der Waals surface area contributed by atoms with E-state index >= 15 is 0 Å². The molecular formula is C17H28FN. The number of hydrogen-bond donors (Lipinski definition) is 1. The Kier molecular flexibility index (Phi) is 6.50. The van der Waals surface area contributed by atoms with Gasteiger partial charge in [-0.2, -0.15) is 0 Å². The predicted octanol–water partition coefficient (Wildman–Crippen LogP) is 4.94. The first-order valence-corrected chi connectivity index (χ1v) is 7.40. The Morgan fingerprint density at radius 1 is 0.895 bits per heavy atom. The molecule has 1 aromatic rings. The van der Waals surface area contributed by atoms with Crippen molar-refractivity contribution in [3.63, 3.8) is 0 Å². The largest absolute Gasteiger partial charge is 0.307 e. The molecule has 0 aliphatic heterocycles. The lowest BCUT2D eigenvalue weighted by Gasteiger charge is -2.26. The van der Waals surface area contributed by atoms with E-state index < -0.39 is 0 Å². The summed E-state index contributed by atoms with van der Waals surface area (Å²) in [7, 11) is 0. The molecule has 1 N–H and O–H groups in total. The highest BCUT2D eigenvalue weighted by molar-refractivity contribution is 5.19. The van der Waals surface area contributed by atoms with Crippen LogP contribution in [0.2, 0.25) is 0 Å². The molecule has 0 spiro atoms. The Morgan fingerprint density at radius 3 is 1.79 bits per heavy atom. The summed E-state index contributed by atoms with van der Waals surface area (Å²) in [5.74, 6) is 1.21. The monoisotopic (exact) mass is 265 g/mol. The minimum Gasteiger partial charge on any atom is -0.307 e. The molecule has 0 bridgehead atoms. The smallest absolute Gasteiger partial charge is 0.123 e. The van der Waals surface area contributed by atoms with Crippen LogP contribution in [-0.4, -0.2) is 6.04 Å². The molecule has 0 fully saturated rings. The Balaban J connectivity index is 2.63. The summed E-state index contributed by atoms with van der Waals surface area (Å²) in [6, 6.07) is 7.60. The van der Waals surface area contributed by atoms with Gasteiger partial charge in [-0.05, 0) is 49.3 Å². The molecule has 0 saturated heterocycles. The Morgan fingerprint density at radius 2 is 1.37 bits per heavy atom. The van der Waals surface area contributed by atoms with Crippen LogP contribution in [0.4, 0.5) is 4.39 Å². The molecule has 1 nitrogen and oxygen atoms in total. The van der Waals surface area contributed by atoms with Crippen molar-refractivity contribution in [3.8, 4) is 0 Å².